The summed E-state index contributed by atoms with van der Waals surface area (Å²) in [5.41, 5.74) is 2.86. The highest BCUT2D eigenvalue weighted by Crippen LogP contribution is 2.34. The van der Waals surface area contributed by atoms with Crippen molar-refractivity contribution in [2.24, 2.45) is 11.8 Å². The number of fused-ring (bicyclic) bond motifs is 1. The van der Waals surface area contributed by atoms with Crippen molar-refractivity contribution < 1.29 is 19.1 Å². The van der Waals surface area contributed by atoms with Gasteiger partial charge in [-0.2, -0.15) is 0 Å². The minimum atomic E-state index is -0.222. The van der Waals surface area contributed by atoms with E-state index in [-0.39, 0.29) is 24.5 Å². The van der Waals surface area contributed by atoms with Gasteiger partial charge in [0.25, 0.3) is 0 Å². The zero-order valence-corrected chi connectivity index (χ0v) is 26.8. The van der Waals surface area contributed by atoms with Crippen LogP contribution in [0.25, 0.3) is 0 Å². The molecule has 0 aromatic heterocycles. The number of unbranched alkanes of at least 4 members (excludes halogenated alkanes) is 1. The van der Waals surface area contributed by atoms with Crippen LogP contribution in [-0.2, 0) is 20.7 Å². The Labute approximate surface area is 261 Å². The fourth-order valence-electron chi connectivity index (χ4n) is 5.65. The molecule has 2 aromatic rings. The van der Waals surface area contributed by atoms with Gasteiger partial charge in [0.05, 0.1) is 33.9 Å². The van der Waals surface area contributed by atoms with Crippen LogP contribution >= 0.6 is 23.2 Å². The first-order valence-corrected chi connectivity index (χ1v) is 16.2. The Hall–Kier alpha value is -2.48. The van der Waals surface area contributed by atoms with Crippen LogP contribution in [0.3, 0.4) is 0 Å². The second-order valence-electron chi connectivity index (χ2n) is 11.5. The minimum Gasteiger partial charge on any atom is -0.494 e. The summed E-state index contributed by atoms with van der Waals surface area (Å²) in [4.78, 5) is 31.9. The first kappa shape index (κ1) is 32.4. The molecule has 2 atom stereocenters. The quantitative estimate of drug-likeness (QED) is 0.165. The third-order valence-corrected chi connectivity index (χ3v) is 9.39. The third kappa shape index (κ3) is 8.55. The molecule has 0 radical (unpaired) electrons. The highest BCUT2D eigenvalue weighted by molar-refractivity contribution is 6.43. The van der Waals surface area contributed by atoms with Gasteiger partial charge in [0.2, 0.25) is 5.91 Å². The number of carbonyl (C=O) groups excluding carboxylic acids is 2. The first-order valence-electron chi connectivity index (χ1n) is 15.4. The second-order valence-corrected chi connectivity index (χ2v) is 12.3. The van der Waals surface area contributed by atoms with Crippen molar-refractivity contribution in [3.05, 3.63) is 52.0 Å². The number of nitrogens with zero attached hydrogens (tertiary/aromatic N) is 3. The lowest BCUT2D eigenvalue weighted by molar-refractivity contribution is -0.149. The van der Waals surface area contributed by atoms with Crippen LogP contribution in [0, 0.1) is 11.8 Å². The van der Waals surface area contributed by atoms with Crippen LogP contribution in [0.5, 0.6) is 5.75 Å². The summed E-state index contributed by atoms with van der Waals surface area (Å²) >= 11 is 12.6. The van der Waals surface area contributed by atoms with E-state index < -0.39 is 0 Å². The van der Waals surface area contributed by atoms with Gasteiger partial charge in [-0.25, -0.2) is 0 Å². The van der Waals surface area contributed by atoms with Crippen LogP contribution in [0.4, 0.5) is 11.4 Å². The summed E-state index contributed by atoms with van der Waals surface area (Å²) < 4.78 is 11.7. The van der Waals surface area contributed by atoms with Gasteiger partial charge < -0.3 is 14.4 Å². The number of aryl methyl sites for hydroxylation is 1. The molecule has 1 saturated heterocycles. The number of hydrogen-bond acceptors (Lipinski definition) is 6. The number of benzene rings is 2. The second kappa shape index (κ2) is 15.8. The average Bonchev–Trinajstić information content (AvgIpc) is 3.00. The normalized spacial score (nSPS) is 17.1. The third-order valence-electron chi connectivity index (χ3n) is 8.58. The SMILES string of the molecule is CCC(C)CC(CC)C(=O)OCN1C(=O)CCc2ccc(OCCCCN3CCN(c4cccc(Cl)c4Cl)CC3)cc21. The maximum absolute atomic E-state index is 12.8. The number of anilines is 2. The molecule has 2 heterocycles. The van der Waals surface area contributed by atoms with Crippen LogP contribution in [0.1, 0.15) is 64.9 Å². The lowest BCUT2D eigenvalue weighted by Gasteiger charge is -2.36. The largest absolute Gasteiger partial charge is 0.494 e. The van der Waals surface area contributed by atoms with Gasteiger partial charge in [-0.3, -0.25) is 19.4 Å². The Morgan fingerprint density at radius 1 is 0.976 bits per heavy atom. The van der Waals surface area contributed by atoms with E-state index in [9.17, 15) is 9.59 Å². The monoisotopic (exact) mass is 617 g/mol. The topological polar surface area (TPSA) is 62.3 Å². The van der Waals surface area contributed by atoms with E-state index >= 15 is 0 Å². The highest BCUT2D eigenvalue weighted by Gasteiger charge is 2.28. The predicted molar refractivity (Wildman–Crippen MR) is 171 cm³/mol. The molecular weight excluding hydrogens is 573 g/mol. The summed E-state index contributed by atoms with van der Waals surface area (Å²) in [5, 5.41) is 1.22. The van der Waals surface area contributed by atoms with Crippen molar-refractivity contribution in [1.29, 1.82) is 0 Å². The number of amides is 1. The number of rotatable bonds is 14. The molecule has 42 heavy (non-hydrogen) atoms. The number of hydrogen-bond donors (Lipinski definition) is 0. The van der Waals surface area contributed by atoms with Gasteiger partial charge in [0.15, 0.2) is 6.73 Å². The summed E-state index contributed by atoms with van der Waals surface area (Å²) in [7, 11) is 0. The molecule has 1 fully saturated rings. The van der Waals surface area contributed by atoms with E-state index in [1.165, 1.54) is 0 Å². The molecule has 230 valence electrons. The fourth-order valence-corrected chi connectivity index (χ4v) is 6.07. The van der Waals surface area contributed by atoms with Gasteiger partial charge in [0, 0.05) is 38.7 Å². The van der Waals surface area contributed by atoms with E-state index in [2.05, 4.69) is 23.6 Å². The number of esters is 1. The zero-order valence-electron chi connectivity index (χ0n) is 25.2. The minimum absolute atomic E-state index is 0.0276. The van der Waals surface area contributed by atoms with Gasteiger partial charge in [0.1, 0.15) is 5.75 Å². The average molecular weight is 619 g/mol. The Bertz CT molecular complexity index is 1200. The zero-order chi connectivity index (χ0) is 30.1. The Balaban J connectivity index is 1.22. The van der Waals surface area contributed by atoms with Crippen molar-refractivity contribution in [1.82, 2.24) is 4.90 Å². The van der Waals surface area contributed by atoms with Crippen LogP contribution in [-0.4, -0.2) is 62.8 Å². The smallest absolute Gasteiger partial charge is 0.310 e. The Kier molecular flexibility index (Phi) is 12.2. The summed E-state index contributed by atoms with van der Waals surface area (Å²) in [6, 6.07) is 11.7. The highest BCUT2D eigenvalue weighted by atomic mass is 35.5. The van der Waals surface area contributed by atoms with Gasteiger partial charge in [-0.05, 0) is 68.3 Å². The van der Waals surface area contributed by atoms with E-state index in [1.807, 2.05) is 43.3 Å². The lowest BCUT2D eigenvalue weighted by Crippen LogP contribution is -2.46. The molecule has 7 nitrogen and oxygen atoms in total. The van der Waals surface area contributed by atoms with E-state index in [4.69, 9.17) is 32.7 Å². The molecule has 0 aliphatic carbocycles. The molecule has 9 heteroatoms. The molecule has 2 unspecified atom stereocenters. The number of ether oxygens (including phenoxy) is 2. The Morgan fingerprint density at radius 3 is 2.50 bits per heavy atom. The number of halogens is 2. The summed E-state index contributed by atoms with van der Waals surface area (Å²) in [5.74, 6) is 0.804. The fraction of sp³-hybridized carbons (Fsp3) is 0.576. The lowest BCUT2D eigenvalue weighted by atomic mass is 9.92. The van der Waals surface area contributed by atoms with Crippen LogP contribution < -0.4 is 14.5 Å². The van der Waals surface area contributed by atoms with Crippen molar-refractivity contribution in [2.75, 3.05) is 55.9 Å². The molecule has 2 aromatic carbocycles. The van der Waals surface area contributed by atoms with Crippen LogP contribution in [0.2, 0.25) is 10.0 Å². The molecular formula is C33H45Cl2N3O4. The summed E-state index contributed by atoms with van der Waals surface area (Å²) in [6.07, 6.45) is 5.64. The maximum Gasteiger partial charge on any atom is 0.310 e. The predicted octanol–water partition coefficient (Wildman–Crippen LogP) is 7.22. The van der Waals surface area contributed by atoms with Crippen molar-refractivity contribution >= 4 is 46.5 Å². The van der Waals surface area contributed by atoms with Gasteiger partial charge in [-0.15, -0.1) is 0 Å². The van der Waals surface area contributed by atoms with Gasteiger partial charge in [-0.1, -0.05) is 62.5 Å². The van der Waals surface area contributed by atoms with E-state index in [0.29, 0.717) is 35.4 Å². The van der Waals surface area contributed by atoms with Crippen molar-refractivity contribution in [2.45, 2.75) is 65.7 Å². The van der Waals surface area contributed by atoms with E-state index in [1.54, 1.807) is 4.90 Å². The molecule has 1 amide bonds. The standard InChI is InChI=1S/C33H45Cl2N3O4/c1-4-24(3)21-25(5-2)33(40)42-23-38-30-22-27(13-11-26(30)12-14-31(38)39)41-20-7-6-15-36-16-18-37(19-17-36)29-10-8-9-28(34)32(29)35/h8-11,13,22,24-25H,4-7,12,14-21,23H2,1-3H3. The molecule has 2 aliphatic heterocycles. The number of carbonyl (C=O) groups is 2. The van der Waals surface area contributed by atoms with Crippen LogP contribution in [0.15, 0.2) is 36.4 Å². The van der Waals surface area contributed by atoms with E-state index in [0.717, 1.165) is 87.5 Å². The molecule has 4 rings (SSSR count). The van der Waals surface area contributed by atoms with Crippen molar-refractivity contribution in [3.63, 3.8) is 0 Å². The molecule has 0 N–H and O–H groups in total. The molecule has 0 spiro atoms. The van der Waals surface area contributed by atoms with Crippen molar-refractivity contribution in [3.8, 4) is 5.75 Å². The number of piperazine rings is 1. The Morgan fingerprint density at radius 2 is 1.76 bits per heavy atom. The molecule has 0 bridgehead atoms. The molecule has 2 aliphatic rings. The maximum atomic E-state index is 12.8. The first-order chi connectivity index (χ1) is 20.3. The van der Waals surface area contributed by atoms with Gasteiger partial charge >= 0.3 is 5.97 Å². The molecule has 0 saturated carbocycles. The summed E-state index contributed by atoms with van der Waals surface area (Å²) in [6.45, 7) is 11.7.